The van der Waals surface area contributed by atoms with Crippen LogP contribution in [0.25, 0.3) is 11.0 Å². The van der Waals surface area contributed by atoms with Gasteiger partial charge in [0.2, 0.25) is 12.7 Å². The van der Waals surface area contributed by atoms with Gasteiger partial charge in [-0.15, -0.1) is 0 Å². The molecule has 1 atom stereocenters. The number of nitrogens with one attached hydrogen (secondary N) is 1. The van der Waals surface area contributed by atoms with E-state index < -0.39 is 5.92 Å². The highest BCUT2D eigenvalue weighted by atomic mass is 16.7. The molecule has 1 aliphatic heterocycles. The van der Waals surface area contributed by atoms with Crippen molar-refractivity contribution in [1.29, 1.82) is 0 Å². The third-order valence-corrected chi connectivity index (χ3v) is 5.62. The van der Waals surface area contributed by atoms with E-state index in [9.17, 15) is 14.7 Å². The summed E-state index contributed by atoms with van der Waals surface area (Å²) in [7, 11) is 0. The van der Waals surface area contributed by atoms with Crippen molar-refractivity contribution in [2.24, 2.45) is 0 Å². The van der Waals surface area contributed by atoms with Gasteiger partial charge in [-0.2, -0.15) is 0 Å². The molecule has 1 amide bonds. The van der Waals surface area contributed by atoms with Gasteiger partial charge in [-0.3, -0.25) is 9.59 Å². The minimum Gasteiger partial charge on any atom is -0.508 e. The summed E-state index contributed by atoms with van der Waals surface area (Å²) in [5.41, 5.74) is 0.842. The highest BCUT2D eigenvalue weighted by Crippen LogP contribution is 2.42. The smallest absolute Gasteiger partial charge is 0.231 e. The standard InChI is InChI=1S/C24H21N3O6/c28-19-11-22-21(32-14-33-22)9-17(19)16(10-23(29)26-6-8-27-7-5-25-13-27)18-12-31-20-4-2-1-3-15(20)24(18)30/h1-5,7,9,11-13,16,28H,6,8,10,14H2,(H,26,29)/t16-/m0/s1. The molecule has 0 bridgehead atoms. The van der Waals surface area contributed by atoms with Crippen LogP contribution in [-0.4, -0.2) is 33.9 Å². The van der Waals surface area contributed by atoms with Crippen LogP contribution >= 0.6 is 0 Å². The van der Waals surface area contributed by atoms with E-state index in [2.05, 4.69) is 10.3 Å². The second-order valence-corrected chi connectivity index (χ2v) is 7.69. The monoisotopic (exact) mass is 447 g/mol. The van der Waals surface area contributed by atoms with Crippen molar-refractivity contribution in [1.82, 2.24) is 14.9 Å². The van der Waals surface area contributed by atoms with E-state index >= 15 is 0 Å². The number of hydrogen-bond acceptors (Lipinski definition) is 7. The number of fused-ring (bicyclic) bond motifs is 2. The van der Waals surface area contributed by atoms with Gasteiger partial charge in [-0.25, -0.2) is 4.98 Å². The van der Waals surface area contributed by atoms with Crippen LogP contribution < -0.4 is 20.2 Å². The quantitative estimate of drug-likeness (QED) is 0.448. The van der Waals surface area contributed by atoms with Gasteiger partial charge < -0.3 is 28.9 Å². The van der Waals surface area contributed by atoms with Crippen molar-refractivity contribution in [3.8, 4) is 17.2 Å². The lowest BCUT2D eigenvalue weighted by Crippen LogP contribution is -2.29. The van der Waals surface area contributed by atoms with Crippen LogP contribution in [0.5, 0.6) is 17.2 Å². The van der Waals surface area contributed by atoms with E-state index in [-0.39, 0.29) is 35.9 Å². The zero-order valence-corrected chi connectivity index (χ0v) is 17.6. The zero-order chi connectivity index (χ0) is 22.8. The van der Waals surface area contributed by atoms with Gasteiger partial charge >= 0.3 is 0 Å². The summed E-state index contributed by atoms with van der Waals surface area (Å²) >= 11 is 0. The molecule has 0 saturated carbocycles. The summed E-state index contributed by atoms with van der Waals surface area (Å²) in [5.74, 6) is -0.273. The van der Waals surface area contributed by atoms with E-state index in [1.807, 2.05) is 4.57 Å². The lowest BCUT2D eigenvalue weighted by atomic mass is 9.87. The van der Waals surface area contributed by atoms with Gasteiger partial charge in [0.05, 0.1) is 18.0 Å². The second-order valence-electron chi connectivity index (χ2n) is 7.69. The molecular weight excluding hydrogens is 426 g/mol. The lowest BCUT2D eigenvalue weighted by molar-refractivity contribution is -0.121. The van der Waals surface area contributed by atoms with Crippen molar-refractivity contribution in [2.75, 3.05) is 13.3 Å². The first kappa shape index (κ1) is 20.6. The summed E-state index contributed by atoms with van der Waals surface area (Å²) in [6, 6.07) is 9.95. The Hall–Kier alpha value is -4.27. The largest absolute Gasteiger partial charge is 0.508 e. The van der Waals surface area contributed by atoms with Crippen LogP contribution in [0.4, 0.5) is 0 Å². The van der Waals surface area contributed by atoms with Gasteiger partial charge in [0.1, 0.15) is 11.3 Å². The number of nitrogens with zero attached hydrogens (tertiary/aromatic N) is 2. The van der Waals surface area contributed by atoms with Crippen LogP contribution in [-0.2, 0) is 11.3 Å². The average Bonchev–Trinajstić information content (AvgIpc) is 3.50. The molecule has 0 fully saturated rings. The molecule has 9 nitrogen and oxygen atoms in total. The van der Waals surface area contributed by atoms with E-state index in [4.69, 9.17) is 13.9 Å². The first-order valence-corrected chi connectivity index (χ1v) is 10.5. The Labute approximate surface area is 188 Å². The summed E-state index contributed by atoms with van der Waals surface area (Å²) in [4.78, 5) is 30.1. The highest BCUT2D eigenvalue weighted by Gasteiger charge is 2.28. The SMILES string of the molecule is O=C(C[C@@H](c1cc2c(cc1O)OCO2)c1coc2ccccc2c1=O)NCCn1ccnc1. The number of ether oxygens (including phenoxy) is 2. The zero-order valence-electron chi connectivity index (χ0n) is 17.6. The topological polar surface area (TPSA) is 116 Å². The molecule has 2 aromatic carbocycles. The number of carbonyl (C=O) groups excluding carboxylic acids is 1. The second kappa shape index (κ2) is 8.70. The Kier molecular flexibility index (Phi) is 5.43. The van der Waals surface area contributed by atoms with Gasteiger partial charge in [-0.1, -0.05) is 12.1 Å². The highest BCUT2D eigenvalue weighted by molar-refractivity contribution is 5.80. The Balaban J connectivity index is 1.48. The van der Waals surface area contributed by atoms with Gasteiger partial charge in [-0.05, 0) is 18.2 Å². The van der Waals surface area contributed by atoms with Gasteiger partial charge in [0, 0.05) is 55.0 Å². The molecule has 33 heavy (non-hydrogen) atoms. The number of phenolic OH excluding ortho intramolecular Hbond substituents is 1. The molecule has 0 radical (unpaired) electrons. The van der Waals surface area contributed by atoms with E-state index in [1.165, 1.54) is 12.3 Å². The molecule has 4 aromatic rings. The Morgan fingerprint density at radius 2 is 2.00 bits per heavy atom. The van der Waals surface area contributed by atoms with Crippen LogP contribution in [0.15, 0.2) is 70.6 Å². The first-order chi connectivity index (χ1) is 16.1. The normalized spacial score (nSPS) is 13.2. The van der Waals surface area contributed by atoms with Gasteiger partial charge in [0.25, 0.3) is 0 Å². The molecule has 3 heterocycles. The maximum atomic E-state index is 13.3. The van der Waals surface area contributed by atoms with E-state index in [0.29, 0.717) is 41.1 Å². The van der Waals surface area contributed by atoms with Crippen molar-refractivity contribution >= 4 is 16.9 Å². The minimum atomic E-state index is -0.756. The average molecular weight is 447 g/mol. The molecule has 0 spiro atoms. The summed E-state index contributed by atoms with van der Waals surface area (Å²) in [6.45, 7) is 0.987. The molecule has 0 aliphatic carbocycles. The van der Waals surface area contributed by atoms with Crippen LogP contribution in [0.1, 0.15) is 23.5 Å². The van der Waals surface area contributed by atoms with Crippen LogP contribution in [0.2, 0.25) is 0 Å². The number of phenols is 1. The first-order valence-electron chi connectivity index (χ1n) is 10.5. The lowest BCUT2D eigenvalue weighted by Gasteiger charge is -2.19. The molecular formula is C24H21N3O6. The Morgan fingerprint density at radius 3 is 2.82 bits per heavy atom. The fourth-order valence-corrected chi connectivity index (χ4v) is 3.95. The molecule has 0 unspecified atom stereocenters. The number of carbonyl (C=O) groups is 1. The molecule has 5 rings (SSSR count). The maximum absolute atomic E-state index is 13.3. The maximum Gasteiger partial charge on any atom is 0.231 e. The number of aromatic nitrogens is 2. The number of aromatic hydroxyl groups is 1. The number of benzene rings is 2. The summed E-state index contributed by atoms with van der Waals surface area (Å²) in [6.07, 6.45) is 6.43. The number of amides is 1. The Morgan fingerprint density at radius 1 is 1.18 bits per heavy atom. The molecule has 0 saturated heterocycles. The molecule has 168 valence electrons. The summed E-state index contributed by atoms with van der Waals surface area (Å²) in [5, 5.41) is 14.0. The minimum absolute atomic E-state index is 0.0374. The van der Waals surface area contributed by atoms with Crippen molar-refractivity contribution in [3.63, 3.8) is 0 Å². The number of hydrogen-bond donors (Lipinski definition) is 2. The predicted molar refractivity (Wildman–Crippen MR) is 118 cm³/mol. The molecule has 2 N–H and O–H groups in total. The molecule has 9 heteroatoms. The fourth-order valence-electron chi connectivity index (χ4n) is 3.95. The van der Waals surface area contributed by atoms with Crippen LogP contribution in [0, 0.1) is 0 Å². The van der Waals surface area contributed by atoms with Crippen LogP contribution in [0.3, 0.4) is 0 Å². The third-order valence-electron chi connectivity index (χ3n) is 5.62. The number of para-hydroxylation sites is 1. The van der Waals surface area contributed by atoms with Crippen molar-refractivity contribution in [3.05, 3.63) is 82.7 Å². The predicted octanol–water partition coefficient (Wildman–Crippen LogP) is 2.76. The van der Waals surface area contributed by atoms with E-state index in [0.717, 1.165) is 0 Å². The number of imidazole rings is 1. The third kappa shape index (κ3) is 4.12. The van der Waals surface area contributed by atoms with Crippen molar-refractivity contribution in [2.45, 2.75) is 18.9 Å². The molecule has 1 aliphatic rings. The van der Waals surface area contributed by atoms with E-state index in [1.54, 1.807) is 49.1 Å². The summed E-state index contributed by atoms with van der Waals surface area (Å²) < 4.78 is 18.3. The molecule has 2 aromatic heterocycles. The Bertz CT molecular complexity index is 1360. The fraction of sp³-hybridized carbons (Fsp3) is 0.208. The van der Waals surface area contributed by atoms with Gasteiger partial charge in [0.15, 0.2) is 16.9 Å². The van der Waals surface area contributed by atoms with Crippen molar-refractivity contribution < 1.29 is 23.8 Å². The number of rotatable bonds is 7.